The van der Waals surface area contributed by atoms with Gasteiger partial charge in [-0.05, 0) is 42.5 Å². The van der Waals surface area contributed by atoms with E-state index in [4.69, 9.17) is 5.11 Å². The molecular formula is C17H12F2N2O3. The number of carboxylic acids is 1. The molecule has 5 nitrogen and oxygen atoms in total. The zero-order valence-electron chi connectivity index (χ0n) is 12.3. The molecule has 0 spiro atoms. The van der Waals surface area contributed by atoms with Gasteiger partial charge in [-0.2, -0.15) is 5.10 Å². The Balaban J connectivity index is 2.03. The van der Waals surface area contributed by atoms with Gasteiger partial charge in [0.15, 0.2) is 11.6 Å². The third kappa shape index (κ3) is 2.89. The fourth-order valence-corrected chi connectivity index (χ4v) is 2.30. The van der Waals surface area contributed by atoms with Crippen LogP contribution in [0.2, 0.25) is 0 Å². The van der Waals surface area contributed by atoms with Gasteiger partial charge in [0.05, 0.1) is 23.6 Å². The van der Waals surface area contributed by atoms with E-state index in [1.807, 2.05) is 0 Å². The first-order chi connectivity index (χ1) is 11.5. The van der Waals surface area contributed by atoms with Gasteiger partial charge in [-0.25, -0.2) is 18.3 Å². The Hall–Kier alpha value is -3.06. The SMILES string of the molecule is O=C(O)c1ccc(-n2cc(CO)c(-c3ccc(F)c(F)c3)n2)cc1. The number of carbonyl (C=O) groups is 1. The smallest absolute Gasteiger partial charge is 0.335 e. The first kappa shape index (κ1) is 15.8. The van der Waals surface area contributed by atoms with Gasteiger partial charge in [-0.15, -0.1) is 0 Å². The quantitative estimate of drug-likeness (QED) is 0.771. The molecule has 0 aliphatic heterocycles. The van der Waals surface area contributed by atoms with Crippen LogP contribution in [0.5, 0.6) is 0 Å². The molecule has 0 unspecified atom stereocenters. The highest BCUT2D eigenvalue weighted by Crippen LogP contribution is 2.25. The molecule has 0 aliphatic rings. The average molecular weight is 330 g/mol. The summed E-state index contributed by atoms with van der Waals surface area (Å²) in [6.45, 7) is -0.332. The van der Waals surface area contributed by atoms with E-state index in [-0.39, 0.29) is 12.2 Å². The molecule has 7 heteroatoms. The van der Waals surface area contributed by atoms with E-state index in [1.54, 1.807) is 18.3 Å². The Morgan fingerprint density at radius 2 is 1.79 bits per heavy atom. The minimum absolute atomic E-state index is 0.133. The summed E-state index contributed by atoms with van der Waals surface area (Å²) in [5.74, 6) is -3.01. The highest BCUT2D eigenvalue weighted by molar-refractivity contribution is 5.87. The van der Waals surface area contributed by atoms with E-state index in [2.05, 4.69) is 5.10 Å². The number of aromatic nitrogens is 2. The molecule has 122 valence electrons. The average Bonchev–Trinajstić information content (AvgIpc) is 3.02. The molecule has 0 radical (unpaired) electrons. The number of hydrogen-bond donors (Lipinski definition) is 2. The molecular weight excluding hydrogens is 318 g/mol. The lowest BCUT2D eigenvalue weighted by atomic mass is 10.1. The van der Waals surface area contributed by atoms with Crippen molar-refractivity contribution in [3.05, 3.63) is 71.4 Å². The maximum Gasteiger partial charge on any atom is 0.335 e. The molecule has 0 atom stereocenters. The molecule has 24 heavy (non-hydrogen) atoms. The highest BCUT2D eigenvalue weighted by atomic mass is 19.2. The summed E-state index contributed by atoms with van der Waals surface area (Å²) in [4.78, 5) is 10.9. The van der Waals surface area contributed by atoms with Crippen molar-refractivity contribution in [2.75, 3.05) is 0 Å². The van der Waals surface area contributed by atoms with E-state index in [0.29, 0.717) is 22.5 Å². The minimum atomic E-state index is -1.04. The molecule has 0 fully saturated rings. The summed E-state index contributed by atoms with van der Waals surface area (Å²) in [5.41, 5.74) is 1.79. The van der Waals surface area contributed by atoms with Crippen LogP contribution >= 0.6 is 0 Å². The van der Waals surface area contributed by atoms with Gasteiger partial charge in [-0.1, -0.05) is 0 Å². The van der Waals surface area contributed by atoms with Crippen LogP contribution in [0, 0.1) is 11.6 Å². The normalized spacial score (nSPS) is 10.8. The van der Waals surface area contributed by atoms with E-state index in [9.17, 15) is 18.7 Å². The number of nitrogens with zero attached hydrogens (tertiary/aromatic N) is 2. The van der Waals surface area contributed by atoms with Crippen LogP contribution in [0.1, 0.15) is 15.9 Å². The summed E-state index contributed by atoms with van der Waals surface area (Å²) in [6, 6.07) is 9.35. The van der Waals surface area contributed by atoms with Crippen molar-refractivity contribution >= 4 is 5.97 Å². The molecule has 0 aliphatic carbocycles. The monoisotopic (exact) mass is 330 g/mol. The number of aliphatic hydroxyl groups excluding tert-OH is 1. The van der Waals surface area contributed by atoms with Crippen LogP contribution in [0.4, 0.5) is 8.78 Å². The molecule has 0 saturated carbocycles. The van der Waals surface area contributed by atoms with Crippen molar-refractivity contribution in [1.82, 2.24) is 9.78 Å². The first-order valence-corrected chi connectivity index (χ1v) is 6.98. The summed E-state index contributed by atoms with van der Waals surface area (Å²) < 4.78 is 27.9. The zero-order chi connectivity index (χ0) is 17.3. The van der Waals surface area contributed by atoms with E-state index in [0.717, 1.165) is 12.1 Å². The second kappa shape index (κ2) is 6.21. The number of benzene rings is 2. The number of rotatable bonds is 4. The molecule has 1 heterocycles. The Morgan fingerprint density at radius 1 is 1.08 bits per heavy atom. The Bertz CT molecular complexity index is 905. The third-order valence-electron chi connectivity index (χ3n) is 3.53. The lowest BCUT2D eigenvalue weighted by Gasteiger charge is -2.02. The second-order valence-corrected chi connectivity index (χ2v) is 5.09. The van der Waals surface area contributed by atoms with Gasteiger partial charge in [0.2, 0.25) is 0 Å². The Kier molecular flexibility index (Phi) is 4.09. The third-order valence-corrected chi connectivity index (χ3v) is 3.53. The van der Waals surface area contributed by atoms with Gasteiger partial charge in [0.1, 0.15) is 0 Å². The maximum atomic E-state index is 13.4. The van der Waals surface area contributed by atoms with Gasteiger partial charge >= 0.3 is 5.97 Å². The number of aromatic carboxylic acids is 1. The maximum absolute atomic E-state index is 13.4. The molecule has 0 bridgehead atoms. The predicted molar refractivity (Wildman–Crippen MR) is 81.8 cm³/mol. The number of hydrogen-bond acceptors (Lipinski definition) is 3. The number of aliphatic hydroxyl groups is 1. The molecule has 0 amide bonds. The summed E-state index contributed by atoms with van der Waals surface area (Å²) in [6.07, 6.45) is 1.55. The van der Waals surface area contributed by atoms with Crippen molar-refractivity contribution in [1.29, 1.82) is 0 Å². The number of carboxylic acid groups (broad SMARTS) is 1. The fraction of sp³-hybridized carbons (Fsp3) is 0.0588. The van der Waals surface area contributed by atoms with Crippen molar-refractivity contribution in [2.45, 2.75) is 6.61 Å². The van der Waals surface area contributed by atoms with E-state index in [1.165, 1.54) is 22.9 Å². The van der Waals surface area contributed by atoms with Crippen molar-refractivity contribution in [3.63, 3.8) is 0 Å². The van der Waals surface area contributed by atoms with Gasteiger partial charge in [-0.3, -0.25) is 0 Å². The fourth-order valence-electron chi connectivity index (χ4n) is 2.30. The molecule has 3 rings (SSSR count). The number of halogens is 2. The van der Waals surface area contributed by atoms with Crippen LogP contribution in [0.15, 0.2) is 48.7 Å². The summed E-state index contributed by atoms with van der Waals surface area (Å²) in [7, 11) is 0. The molecule has 0 saturated heterocycles. The lowest BCUT2D eigenvalue weighted by molar-refractivity contribution is 0.0697. The summed E-state index contributed by atoms with van der Waals surface area (Å²) >= 11 is 0. The minimum Gasteiger partial charge on any atom is -0.478 e. The molecule has 2 aromatic carbocycles. The topological polar surface area (TPSA) is 75.3 Å². The van der Waals surface area contributed by atoms with Crippen LogP contribution < -0.4 is 0 Å². The van der Waals surface area contributed by atoms with Crippen LogP contribution in [-0.4, -0.2) is 26.0 Å². The Morgan fingerprint density at radius 3 is 2.38 bits per heavy atom. The standard InChI is InChI=1S/C17H12F2N2O3/c18-14-6-3-11(7-15(14)19)16-12(9-22)8-21(20-16)13-4-1-10(2-5-13)17(23)24/h1-8,22H,9H2,(H,23,24). The van der Waals surface area contributed by atoms with Crippen LogP contribution in [-0.2, 0) is 6.61 Å². The first-order valence-electron chi connectivity index (χ1n) is 6.98. The van der Waals surface area contributed by atoms with Crippen molar-refractivity contribution in [2.24, 2.45) is 0 Å². The van der Waals surface area contributed by atoms with Crippen LogP contribution in [0.3, 0.4) is 0 Å². The highest BCUT2D eigenvalue weighted by Gasteiger charge is 2.14. The largest absolute Gasteiger partial charge is 0.478 e. The molecule has 2 N–H and O–H groups in total. The van der Waals surface area contributed by atoms with E-state index < -0.39 is 17.6 Å². The zero-order valence-corrected chi connectivity index (χ0v) is 12.3. The van der Waals surface area contributed by atoms with Crippen LogP contribution in [0.25, 0.3) is 16.9 Å². The van der Waals surface area contributed by atoms with E-state index >= 15 is 0 Å². The lowest BCUT2D eigenvalue weighted by Crippen LogP contribution is -1.99. The van der Waals surface area contributed by atoms with Gasteiger partial charge < -0.3 is 10.2 Å². The predicted octanol–water partition coefficient (Wildman–Crippen LogP) is 3.01. The molecule has 1 aromatic heterocycles. The van der Waals surface area contributed by atoms with Crippen molar-refractivity contribution < 1.29 is 23.8 Å². The second-order valence-electron chi connectivity index (χ2n) is 5.09. The summed E-state index contributed by atoms with van der Waals surface area (Å²) in [5, 5.41) is 22.7. The Labute approximate surface area is 135 Å². The van der Waals surface area contributed by atoms with Crippen molar-refractivity contribution in [3.8, 4) is 16.9 Å². The van der Waals surface area contributed by atoms with Gasteiger partial charge in [0, 0.05) is 17.3 Å². The van der Waals surface area contributed by atoms with Gasteiger partial charge in [0.25, 0.3) is 0 Å². The molecule has 3 aromatic rings.